The Morgan fingerprint density at radius 2 is 1.96 bits per heavy atom. The van der Waals surface area contributed by atoms with Crippen LogP contribution >= 0.6 is 0 Å². The highest BCUT2D eigenvalue weighted by molar-refractivity contribution is 6.04. The molecule has 2 aromatic carbocycles. The zero-order valence-corrected chi connectivity index (χ0v) is 15.4. The molecule has 1 amide bonds. The SMILES string of the molecule is CNC(=O)c1cc2c(nc(C)n2C)c2c1[C@@H](O)[C@H](O)[C@@H](c1ccccc1)N2. The first kappa shape index (κ1) is 17.5. The van der Waals surface area contributed by atoms with Crippen LogP contribution < -0.4 is 10.6 Å². The number of anilines is 1. The van der Waals surface area contributed by atoms with Gasteiger partial charge in [0, 0.05) is 25.2 Å². The van der Waals surface area contributed by atoms with Gasteiger partial charge in [-0.05, 0) is 18.6 Å². The van der Waals surface area contributed by atoms with Crippen LogP contribution in [0.4, 0.5) is 5.69 Å². The Bertz CT molecular complexity index is 1030. The molecule has 0 spiro atoms. The standard InChI is InChI=1S/C20H22N4O3/c1-10-22-16-13(24(10)3)9-12(20(27)21-2)14-17(16)23-15(19(26)18(14)25)11-7-5-4-6-8-11/h4-9,15,18-19,23,25-26H,1-3H3,(H,21,27)/t15-,18-,19-/m1/s1. The normalized spacial score (nSPS) is 21.6. The van der Waals surface area contributed by atoms with Gasteiger partial charge in [0.05, 0.1) is 17.2 Å². The quantitative estimate of drug-likeness (QED) is 0.554. The Hall–Kier alpha value is -2.90. The lowest BCUT2D eigenvalue weighted by molar-refractivity contribution is 0.00162. The van der Waals surface area contributed by atoms with E-state index in [1.165, 1.54) is 0 Å². The number of aliphatic hydroxyl groups is 2. The van der Waals surface area contributed by atoms with E-state index in [0.29, 0.717) is 22.3 Å². The summed E-state index contributed by atoms with van der Waals surface area (Å²) in [6, 6.07) is 10.6. The third-order valence-electron chi connectivity index (χ3n) is 5.33. The summed E-state index contributed by atoms with van der Waals surface area (Å²) in [6.45, 7) is 1.88. The fourth-order valence-corrected chi connectivity index (χ4v) is 3.76. The third kappa shape index (κ3) is 2.58. The van der Waals surface area contributed by atoms with Gasteiger partial charge >= 0.3 is 0 Å². The monoisotopic (exact) mass is 366 g/mol. The lowest BCUT2D eigenvalue weighted by Crippen LogP contribution is -2.38. The minimum atomic E-state index is -1.22. The third-order valence-corrected chi connectivity index (χ3v) is 5.33. The van der Waals surface area contributed by atoms with Crippen LogP contribution in [0.1, 0.15) is 39.5 Å². The highest BCUT2D eigenvalue weighted by Crippen LogP contribution is 2.44. The van der Waals surface area contributed by atoms with Gasteiger partial charge < -0.3 is 25.4 Å². The Labute approximate surface area is 156 Å². The van der Waals surface area contributed by atoms with Gasteiger partial charge in [0.2, 0.25) is 0 Å². The van der Waals surface area contributed by atoms with Gasteiger partial charge in [-0.25, -0.2) is 4.98 Å². The zero-order valence-electron chi connectivity index (χ0n) is 15.4. The molecule has 27 heavy (non-hydrogen) atoms. The fraction of sp³-hybridized carbons (Fsp3) is 0.300. The lowest BCUT2D eigenvalue weighted by atomic mass is 9.85. The largest absolute Gasteiger partial charge is 0.388 e. The number of carbonyl (C=O) groups is 1. The van der Waals surface area contributed by atoms with E-state index in [9.17, 15) is 15.0 Å². The van der Waals surface area contributed by atoms with Gasteiger partial charge in [-0.1, -0.05) is 30.3 Å². The van der Waals surface area contributed by atoms with E-state index in [0.717, 1.165) is 16.9 Å². The molecule has 7 heteroatoms. The number of aromatic nitrogens is 2. The van der Waals surface area contributed by atoms with E-state index in [-0.39, 0.29) is 5.91 Å². The maximum Gasteiger partial charge on any atom is 0.251 e. The number of aliphatic hydroxyl groups excluding tert-OH is 2. The van der Waals surface area contributed by atoms with Crippen LogP contribution in [0.3, 0.4) is 0 Å². The molecule has 1 aliphatic heterocycles. The van der Waals surface area contributed by atoms with E-state index in [4.69, 9.17) is 0 Å². The topological polar surface area (TPSA) is 99.4 Å². The van der Waals surface area contributed by atoms with Crippen LogP contribution in [0.5, 0.6) is 0 Å². The minimum absolute atomic E-state index is 0.321. The van der Waals surface area contributed by atoms with Crippen molar-refractivity contribution in [1.82, 2.24) is 14.9 Å². The Morgan fingerprint density at radius 1 is 1.26 bits per heavy atom. The van der Waals surface area contributed by atoms with E-state index in [1.807, 2.05) is 48.9 Å². The molecule has 7 nitrogen and oxygen atoms in total. The number of hydrogen-bond donors (Lipinski definition) is 4. The number of aryl methyl sites for hydroxylation is 2. The maximum atomic E-state index is 12.5. The van der Waals surface area contributed by atoms with Crippen molar-refractivity contribution < 1.29 is 15.0 Å². The molecule has 140 valence electrons. The average Bonchev–Trinajstić information content (AvgIpc) is 2.98. The van der Waals surface area contributed by atoms with Gasteiger partial charge in [0.25, 0.3) is 5.91 Å². The molecule has 0 radical (unpaired) electrons. The summed E-state index contributed by atoms with van der Waals surface area (Å²) in [5, 5.41) is 27.6. The van der Waals surface area contributed by atoms with Crippen LogP contribution in [0.25, 0.3) is 11.0 Å². The van der Waals surface area contributed by atoms with Crippen molar-refractivity contribution in [1.29, 1.82) is 0 Å². The van der Waals surface area contributed by atoms with Crippen LogP contribution in [0.2, 0.25) is 0 Å². The predicted molar refractivity (Wildman–Crippen MR) is 103 cm³/mol. The van der Waals surface area contributed by atoms with Crippen LogP contribution in [0.15, 0.2) is 36.4 Å². The molecular weight excluding hydrogens is 344 g/mol. The first-order valence-corrected chi connectivity index (χ1v) is 8.83. The molecule has 4 rings (SSSR count). The minimum Gasteiger partial charge on any atom is -0.388 e. The van der Waals surface area contributed by atoms with Gasteiger partial charge in [-0.3, -0.25) is 4.79 Å². The summed E-state index contributed by atoms with van der Waals surface area (Å²) in [4.78, 5) is 17.1. The number of benzene rings is 2. The molecule has 0 aliphatic carbocycles. The van der Waals surface area contributed by atoms with E-state index < -0.39 is 18.2 Å². The van der Waals surface area contributed by atoms with Crippen molar-refractivity contribution in [2.24, 2.45) is 7.05 Å². The predicted octanol–water partition coefficient (Wildman–Crippen LogP) is 1.80. The summed E-state index contributed by atoms with van der Waals surface area (Å²) < 4.78 is 1.90. The van der Waals surface area contributed by atoms with Crippen molar-refractivity contribution in [2.75, 3.05) is 12.4 Å². The summed E-state index contributed by atoms with van der Waals surface area (Å²) in [5.41, 5.74) is 3.59. The summed E-state index contributed by atoms with van der Waals surface area (Å²) >= 11 is 0. The number of carbonyl (C=O) groups excluding carboxylic acids is 1. The molecule has 1 aliphatic rings. The van der Waals surface area contributed by atoms with Crippen LogP contribution in [-0.2, 0) is 7.05 Å². The number of imidazole rings is 1. The van der Waals surface area contributed by atoms with E-state index in [1.54, 1.807) is 13.1 Å². The molecule has 0 fully saturated rings. The molecule has 3 aromatic rings. The Morgan fingerprint density at radius 3 is 2.63 bits per heavy atom. The Balaban J connectivity index is 1.99. The number of fused-ring (bicyclic) bond motifs is 3. The zero-order chi connectivity index (χ0) is 19.3. The molecule has 0 bridgehead atoms. The van der Waals surface area contributed by atoms with Gasteiger partial charge in [-0.2, -0.15) is 0 Å². The molecule has 0 unspecified atom stereocenters. The second kappa shape index (κ2) is 6.37. The van der Waals surface area contributed by atoms with Crippen molar-refractivity contribution in [3.05, 3.63) is 58.9 Å². The first-order chi connectivity index (χ1) is 12.9. The highest BCUT2D eigenvalue weighted by atomic mass is 16.3. The van der Waals surface area contributed by atoms with Crippen LogP contribution in [-0.4, -0.2) is 38.8 Å². The number of amides is 1. The second-order valence-corrected chi connectivity index (χ2v) is 6.85. The number of nitrogens with one attached hydrogen (secondary N) is 2. The number of rotatable bonds is 2. The van der Waals surface area contributed by atoms with E-state index in [2.05, 4.69) is 15.6 Å². The molecule has 1 aromatic heterocycles. The Kier molecular flexibility index (Phi) is 4.13. The average molecular weight is 366 g/mol. The van der Waals surface area contributed by atoms with Crippen molar-refractivity contribution in [3.63, 3.8) is 0 Å². The number of hydrogen-bond acceptors (Lipinski definition) is 5. The van der Waals surface area contributed by atoms with Crippen molar-refractivity contribution in [2.45, 2.75) is 25.2 Å². The fourth-order valence-electron chi connectivity index (χ4n) is 3.76. The number of nitrogens with zero attached hydrogens (tertiary/aromatic N) is 2. The lowest BCUT2D eigenvalue weighted by Gasteiger charge is -2.36. The molecule has 4 N–H and O–H groups in total. The van der Waals surface area contributed by atoms with Crippen molar-refractivity contribution in [3.8, 4) is 0 Å². The molecule has 3 atom stereocenters. The molecular formula is C20H22N4O3. The van der Waals surface area contributed by atoms with Crippen molar-refractivity contribution >= 4 is 22.6 Å². The first-order valence-electron chi connectivity index (χ1n) is 8.83. The van der Waals surface area contributed by atoms with E-state index >= 15 is 0 Å². The van der Waals surface area contributed by atoms with Gasteiger partial charge in [0.1, 0.15) is 23.5 Å². The van der Waals surface area contributed by atoms with Gasteiger partial charge in [-0.15, -0.1) is 0 Å². The maximum absolute atomic E-state index is 12.5. The molecule has 0 saturated carbocycles. The molecule has 0 saturated heterocycles. The summed E-state index contributed by atoms with van der Waals surface area (Å²) in [6.07, 6.45) is -2.32. The molecule has 2 heterocycles. The smallest absolute Gasteiger partial charge is 0.251 e. The van der Waals surface area contributed by atoms with Gasteiger partial charge in [0.15, 0.2) is 0 Å². The highest BCUT2D eigenvalue weighted by Gasteiger charge is 2.39. The second-order valence-electron chi connectivity index (χ2n) is 6.85. The van der Waals surface area contributed by atoms with Crippen LogP contribution in [0, 0.1) is 6.92 Å². The summed E-state index contributed by atoms with van der Waals surface area (Å²) in [7, 11) is 3.42. The summed E-state index contributed by atoms with van der Waals surface area (Å²) in [5.74, 6) is 0.471.